The predicted octanol–water partition coefficient (Wildman–Crippen LogP) is -0.412. The lowest BCUT2D eigenvalue weighted by Crippen LogP contribution is -2.31. The highest BCUT2D eigenvalue weighted by Crippen LogP contribution is 2.22. The van der Waals surface area contributed by atoms with E-state index in [0.717, 1.165) is 0 Å². The van der Waals surface area contributed by atoms with Gasteiger partial charge in [-0.1, -0.05) is 0 Å². The van der Waals surface area contributed by atoms with E-state index in [1.54, 1.807) is 0 Å². The highest BCUT2D eigenvalue weighted by molar-refractivity contribution is 5.66. The number of hydrogen-bond acceptors (Lipinski definition) is 6. The maximum Gasteiger partial charge on any atom is 0.303 e. The van der Waals surface area contributed by atoms with Crippen LogP contribution in [0.15, 0.2) is 0 Å². The summed E-state index contributed by atoms with van der Waals surface area (Å²) in [7, 11) is 0. The Balaban J connectivity index is 2.45. The molecule has 86 valence electrons. The van der Waals surface area contributed by atoms with E-state index < -0.39 is 30.4 Å². The van der Waals surface area contributed by atoms with Gasteiger partial charge in [-0.25, -0.2) is 0 Å². The molecule has 3 atom stereocenters. The first kappa shape index (κ1) is 11.9. The average Bonchev–Trinajstić information content (AvgIpc) is 2.41. The van der Waals surface area contributed by atoms with Crippen molar-refractivity contribution >= 4 is 11.9 Å². The van der Waals surface area contributed by atoms with Crippen LogP contribution in [0.4, 0.5) is 0 Å². The summed E-state index contributed by atoms with van der Waals surface area (Å²) in [4.78, 5) is 21.3. The Morgan fingerprint density at radius 3 is 2.60 bits per heavy atom. The minimum atomic E-state index is -0.977. The normalized spacial score (nSPS) is 29.9. The number of esters is 2. The van der Waals surface area contributed by atoms with Crippen molar-refractivity contribution in [1.29, 1.82) is 0 Å². The van der Waals surface area contributed by atoms with Gasteiger partial charge in [0, 0.05) is 20.3 Å². The minimum Gasteiger partial charge on any atom is -0.463 e. The Morgan fingerprint density at radius 1 is 1.40 bits per heavy atom. The summed E-state index contributed by atoms with van der Waals surface area (Å²) in [6.07, 6.45) is -1.93. The largest absolute Gasteiger partial charge is 0.463 e. The summed E-state index contributed by atoms with van der Waals surface area (Å²) in [5.74, 6) is -0.896. The molecule has 6 nitrogen and oxygen atoms in total. The maximum absolute atomic E-state index is 10.7. The van der Waals surface area contributed by atoms with Crippen molar-refractivity contribution < 1.29 is 28.9 Å². The zero-order chi connectivity index (χ0) is 11.4. The fourth-order valence-electron chi connectivity index (χ4n) is 1.38. The van der Waals surface area contributed by atoms with Crippen LogP contribution in [0.25, 0.3) is 0 Å². The van der Waals surface area contributed by atoms with E-state index in [-0.39, 0.29) is 13.0 Å². The van der Waals surface area contributed by atoms with Gasteiger partial charge in [0.15, 0.2) is 6.29 Å². The fraction of sp³-hybridized carbons (Fsp3) is 0.778. The van der Waals surface area contributed by atoms with Gasteiger partial charge >= 0.3 is 11.9 Å². The number of rotatable bonds is 3. The topological polar surface area (TPSA) is 82.1 Å². The summed E-state index contributed by atoms with van der Waals surface area (Å²) in [6.45, 7) is 2.52. The lowest BCUT2D eigenvalue weighted by Gasteiger charge is -2.17. The van der Waals surface area contributed by atoms with Gasteiger partial charge in [-0.15, -0.1) is 0 Å². The number of hydrogen-bond donors (Lipinski definition) is 1. The van der Waals surface area contributed by atoms with Crippen LogP contribution in [-0.2, 0) is 23.8 Å². The van der Waals surface area contributed by atoms with Gasteiger partial charge in [0.25, 0.3) is 0 Å². The van der Waals surface area contributed by atoms with Crippen LogP contribution in [0, 0.1) is 0 Å². The zero-order valence-electron chi connectivity index (χ0n) is 8.63. The molecule has 1 N–H and O–H groups in total. The predicted molar refractivity (Wildman–Crippen MR) is 47.7 cm³/mol. The molecule has 1 saturated heterocycles. The first-order chi connectivity index (χ1) is 6.99. The smallest absolute Gasteiger partial charge is 0.303 e. The molecule has 0 amide bonds. The van der Waals surface area contributed by atoms with E-state index in [4.69, 9.17) is 14.2 Å². The Bertz CT molecular complexity index is 251. The number of aliphatic hydroxyl groups excluding tert-OH is 1. The number of carbonyl (C=O) groups excluding carboxylic acids is 2. The second kappa shape index (κ2) is 5.09. The number of ether oxygens (including phenoxy) is 3. The zero-order valence-corrected chi connectivity index (χ0v) is 8.63. The molecule has 0 aromatic rings. The standard InChI is InChI=1S/C9H14O6/c1-5(10)13-4-8-7(14-6(2)11)3-9(12)15-8/h7-9,12H,3-4H2,1-2H3/t7-,8+,9-/m1/s1. The highest BCUT2D eigenvalue weighted by atomic mass is 16.7. The van der Waals surface area contributed by atoms with Crippen LogP contribution in [0.2, 0.25) is 0 Å². The minimum absolute atomic E-state index is 0.0235. The molecule has 0 aromatic heterocycles. The molecule has 1 fully saturated rings. The molecule has 0 bridgehead atoms. The molecular formula is C9H14O6. The van der Waals surface area contributed by atoms with Gasteiger partial charge in [0.05, 0.1) is 0 Å². The molecule has 1 rings (SSSR count). The Labute approximate surface area is 87.1 Å². The molecule has 0 aliphatic carbocycles. The van der Waals surface area contributed by atoms with Gasteiger partial charge in [0.2, 0.25) is 0 Å². The van der Waals surface area contributed by atoms with Gasteiger partial charge in [-0.3, -0.25) is 9.59 Å². The summed E-state index contributed by atoms with van der Waals surface area (Å²) < 4.78 is 14.7. The van der Waals surface area contributed by atoms with Crippen molar-refractivity contribution in [3.63, 3.8) is 0 Å². The first-order valence-corrected chi connectivity index (χ1v) is 4.63. The molecule has 15 heavy (non-hydrogen) atoms. The van der Waals surface area contributed by atoms with Crippen LogP contribution in [0.3, 0.4) is 0 Å². The van der Waals surface area contributed by atoms with Crippen LogP contribution in [0.5, 0.6) is 0 Å². The van der Waals surface area contributed by atoms with E-state index in [2.05, 4.69) is 0 Å². The monoisotopic (exact) mass is 218 g/mol. The van der Waals surface area contributed by atoms with Gasteiger partial charge in [0.1, 0.15) is 18.8 Å². The molecule has 0 unspecified atom stereocenters. The molecule has 0 radical (unpaired) electrons. The summed E-state index contributed by atoms with van der Waals surface area (Å²) in [6, 6.07) is 0. The SMILES string of the molecule is CC(=O)OC[C@@H]1O[C@@H](O)C[C@H]1OC(C)=O. The van der Waals surface area contributed by atoms with E-state index in [1.165, 1.54) is 13.8 Å². The highest BCUT2D eigenvalue weighted by Gasteiger charge is 2.37. The second-order valence-electron chi connectivity index (χ2n) is 3.32. The summed E-state index contributed by atoms with van der Waals surface area (Å²) >= 11 is 0. The third-order valence-electron chi connectivity index (χ3n) is 1.95. The molecule has 1 aliphatic rings. The van der Waals surface area contributed by atoms with E-state index in [9.17, 15) is 14.7 Å². The maximum atomic E-state index is 10.7. The van der Waals surface area contributed by atoms with Crippen LogP contribution in [0.1, 0.15) is 20.3 Å². The first-order valence-electron chi connectivity index (χ1n) is 4.63. The van der Waals surface area contributed by atoms with Crippen LogP contribution < -0.4 is 0 Å². The molecule has 0 saturated carbocycles. The Morgan fingerprint density at radius 2 is 2.07 bits per heavy atom. The third kappa shape index (κ3) is 3.85. The molecule has 1 aliphatic heterocycles. The van der Waals surface area contributed by atoms with Gasteiger partial charge < -0.3 is 19.3 Å². The second-order valence-corrected chi connectivity index (χ2v) is 3.32. The van der Waals surface area contributed by atoms with E-state index >= 15 is 0 Å². The van der Waals surface area contributed by atoms with Crippen molar-refractivity contribution in [2.75, 3.05) is 6.61 Å². The van der Waals surface area contributed by atoms with Gasteiger partial charge in [-0.2, -0.15) is 0 Å². The van der Waals surface area contributed by atoms with E-state index in [1.807, 2.05) is 0 Å². The molecule has 0 aromatic carbocycles. The summed E-state index contributed by atoms with van der Waals surface area (Å²) in [5.41, 5.74) is 0. The van der Waals surface area contributed by atoms with Crippen molar-refractivity contribution in [1.82, 2.24) is 0 Å². The lowest BCUT2D eigenvalue weighted by atomic mass is 10.2. The third-order valence-corrected chi connectivity index (χ3v) is 1.95. The Hall–Kier alpha value is -1.14. The quantitative estimate of drug-likeness (QED) is 0.648. The molecule has 6 heteroatoms. The Kier molecular flexibility index (Phi) is 4.05. The van der Waals surface area contributed by atoms with Crippen LogP contribution >= 0.6 is 0 Å². The number of aliphatic hydroxyl groups is 1. The lowest BCUT2D eigenvalue weighted by molar-refractivity contribution is -0.159. The van der Waals surface area contributed by atoms with E-state index in [0.29, 0.717) is 0 Å². The van der Waals surface area contributed by atoms with Crippen LogP contribution in [-0.4, -0.2) is 42.1 Å². The van der Waals surface area contributed by atoms with Crippen molar-refractivity contribution in [3.8, 4) is 0 Å². The van der Waals surface area contributed by atoms with Crippen molar-refractivity contribution in [3.05, 3.63) is 0 Å². The average molecular weight is 218 g/mol. The van der Waals surface area contributed by atoms with Gasteiger partial charge in [-0.05, 0) is 0 Å². The molecule has 0 spiro atoms. The summed E-state index contributed by atoms with van der Waals surface area (Å²) in [5, 5.41) is 9.19. The van der Waals surface area contributed by atoms with Crippen molar-refractivity contribution in [2.24, 2.45) is 0 Å². The molecule has 1 heterocycles. The van der Waals surface area contributed by atoms with Crippen molar-refractivity contribution in [2.45, 2.75) is 38.8 Å². The molecular weight excluding hydrogens is 204 g/mol. The fourth-order valence-corrected chi connectivity index (χ4v) is 1.38. The number of carbonyl (C=O) groups is 2.